The summed E-state index contributed by atoms with van der Waals surface area (Å²) in [6.45, 7) is 5.01. The minimum atomic E-state index is -3.64. The lowest BCUT2D eigenvalue weighted by molar-refractivity contribution is 0.0948. The summed E-state index contributed by atoms with van der Waals surface area (Å²) in [6, 6.07) is 0. The topological polar surface area (TPSA) is 109 Å². The average Bonchev–Trinajstić information content (AvgIpc) is 3.12. The van der Waals surface area contributed by atoms with E-state index >= 15 is 0 Å². The molecule has 0 amide bonds. The van der Waals surface area contributed by atoms with Gasteiger partial charge in [0.05, 0.1) is 16.9 Å². The molecule has 0 bridgehead atoms. The highest BCUT2D eigenvalue weighted by Gasteiger charge is 2.45. The van der Waals surface area contributed by atoms with Gasteiger partial charge >= 0.3 is 0 Å². The van der Waals surface area contributed by atoms with E-state index in [4.69, 9.17) is 21.1 Å². The third-order valence-electron chi connectivity index (χ3n) is 6.04. The first-order valence-corrected chi connectivity index (χ1v) is 12.1. The molecular formula is C19H26ClN5O4S. The van der Waals surface area contributed by atoms with E-state index in [9.17, 15) is 8.42 Å². The summed E-state index contributed by atoms with van der Waals surface area (Å²) < 4.78 is 39.6. The van der Waals surface area contributed by atoms with E-state index in [1.165, 1.54) is 19.5 Å². The quantitative estimate of drug-likeness (QED) is 0.596. The van der Waals surface area contributed by atoms with Crippen molar-refractivity contribution in [2.24, 2.45) is 0 Å². The van der Waals surface area contributed by atoms with Crippen molar-refractivity contribution in [2.45, 2.75) is 61.7 Å². The van der Waals surface area contributed by atoms with Gasteiger partial charge in [0.2, 0.25) is 0 Å². The highest BCUT2D eigenvalue weighted by Crippen LogP contribution is 2.46. The first-order chi connectivity index (χ1) is 14.2. The fraction of sp³-hybridized carbons (Fsp3) is 0.684. The fourth-order valence-corrected chi connectivity index (χ4v) is 5.41. The Kier molecular flexibility index (Phi) is 5.86. The molecule has 0 unspecified atom stereocenters. The average molecular weight is 456 g/mol. The lowest BCUT2D eigenvalue weighted by atomic mass is 10.1. The summed E-state index contributed by atoms with van der Waals surface area (Å²) in [5, 5.41) is 8.17. The van der Waals surface area contributed by atoms with Crippen molar-refractivity contribution < 1.29 is 17.9 Å². The molecule has 2 aliphatic rings. The first kappa shape index (κ1) is 21.6. The number of hydrogen-bond donors (Lipinski definition) is 0. The van der Waals surface area contributed by atoms with Crippen LogP contribution in [0.5, 0.6) is 0 Å². The van der Waals surface area contributed by atoms with E-state index in [1.807, 2.05) is 4.57 Å². The van der Waals surface area contributed by atoms with Crippen molar-refractivity contribution in [3.05, 3.63) is 34.9 Å². The van der Waals surface area contributed by atoms with Crippen LogP contribution < -0.4 is 0 Å². The van der Waals surface area contributed by atoms with Gasteiger partial charge in [-0.2, -0.15) is 0 Å². The largest absolute Gasteiger partial charge is 0.381 e. The molecule has 11 heteroatoms. The van der Waals surface area contributed by atoms with Crippen molar-refractivity contribution in [3.8, 4) is 0 Å². The van der Waals surface area contributed by atoms with Crippen molar-refractivity contribution in [2.75, 3.05) is 20.3 Å². The molecule has 30 heavy (non-hydrogen) atoms. The SMILES string of the molecule is CO[C@H](c1ncc(Cl)cn1)[C@H](C)S(=O)(=O)Cc1nnc([C@@H]2CCOC2)n1C1(C)CC1. The molecule has 0 radical (unpaired) electrons. The normalized spacial score (nSPS) is 22.7. The van der Waals surface area contributed by atoms with Crippen LogP contribution >= 0.6 is 11.6 Å². The minimum Gasteiger partial charge on any atom is -0.381 e. The molecule has 9 nitrogen and oxygen atoms in total. The van der Waals surface area contributed by atoms with Gasteiger partial charge in [-0.1, -0.05) is 11.6 Å². The smallest absolute Gasteiger partial charge is 0.163 e. The van der Waals surface area contributed by atoms with E-state index in [0.29, 0.717) is 24.1 Å². The minimum absolute atomic E-state index is 0.130. The van der Waals surface area contributed by atoms with Crippen LogP contribution in [0.2, 0.25) is 5.02 Å². The van der Waals surface area contributed by atoms with Crippen LogP contribution in [-0.2, 0) is 30.6 Å². The third kappa shape index (κ3) is 4.10. The van der Waals surface area contributed by atoms with E-state index in [-0.39, 0.29) is 23.0 Å². The van der Waals surface area contributed by atoms with Gasteiger partial charge in [-0.3, -0.25) is 0 Å². The zero-order chi connectivity index (χ0) is 21.5. The maximum Gasteiger partial charge on any atom is 0.163 e. The van der Waals surface area contributed by atoms with Gasteiger partial charge in [0.1, 0.15) is 23.5 Å². The molecule has 2 aromatic rings. The molecule has 1 aliphatic carbocycles. The van der Waals surface area contributed by atoms with E-state index in [2.05, 4.69) is 27.1 Å². The number of halogens is 1. The van der Waals surface area contributed by atoms with Gasteiger partial charge in [0.25, 0.3) is 0 Å². The molecule has 0 N–H and O–H groups in total. The lowest BCUT2D eigenvalue weighted by Gasteiger charge is -2.23. The van der Waals surface area contributed by atoms with Crippen molar-refractivity contribution in [3.63, 3.8) is 0 Å². The molecule has 3 atom stereocenters. The van der Waals surface area contributed by atoms with E-state index in [0.717, 1.165) is 25.1 Å². The summed E-state index contributed by atoms with van der Waals surface area (Å²) in [5.41, 5.74) is -0.130. The molecule has 2 fully saturated rings. The van der Waals surface area contributed by atoms with Crippen LogP contribution in [0, 0.1) is 0 Å². The van der Waals surface area contributed by atoms with E-state index in [1.54, 1.807) is 6.92 Å². The molecule has 164 valence electrons. The van der Waals surface area contributed by atoms with Gasteiger partial charge in [-0.05, 0) is 33.1 Å². The van der Waals surface area contributed by atoms with Gasteiger partial charge in [-0.15, -0.1) is 10.2 Å². The highest BCUT2D eigenvalue weighted by molar-refractivity contribution is 7.91. The fourth-order valence-electron chi connectivity index (χ4n) is 3.89. The Balaban J connectivity index is 1.62. The molecule has 2 aromatic heterocycles. The van der Waals surface area contributed by atoms with Crippen molar-refractivity contribution in [1.29, 1.82) is 0 Å². The molecule has 4 rings (SSSR count). The number of sulfone groups is 1. The maximum absolute atomic E-state index is 13.3. The summed E-state index contributed by atoms with van der Waals surface area (Å²) in [6.07, 6.45) is 4.87. The monoisotopic (exact) mass is 455 g/mol. The summed E-state index contributed by atoms with van der Waals surface area (Å²) >= 11 is 5.85. The Hall–Kier alpha value is -1.62. The number of methoxy groups -OCH3 is 1. The number of rotatable bonds is 8. The van der Waals surface area contributed by atoms with Crippen LogP contribution in [-0.4, -0.2) is 58.7 Å². The van der Waals surface area contributed by atoms with Crippen LogP contribution in [0.1, 0.15) is 62.6 Å². The zero-order valence-electron chi connectivity index (χ0n) is 17.3. The molecule has 3 heterocycles. The lowest BCUT2D eigenvalue weighted by Crippen LogP contribution is -2.31. The third-order valence-corrected chi connectivity index (χ3v) is 8.27. The molecule has 1 saturated carbocycles. The Bertz CT molecular complexity index is 1000. The predicted octanol–water partition coefficient (Wildman–Crippen LogP) is 2.43. The van der Waals surface area contributed by atoms with E-state index < -0.39 is 21.2 Å². The Morgan fingerprint density at radius 3 is 2.60 bits per heavy atom. The molecule has 1 saturated heterocycles. The van der Waals surface area contributed by atoms with Crippen molar-refractivity contribution >= 4 is 21.4 Å². The summed E-state index contributed by atoms with van der Waals surface area (Å²) in [4.78, 5) is 8.27. The van der Waals surface area contributed by atoms with Crippen LogP contribution in [0.15, 0.2) is 12.4 Å². The maximum atomic E-state index is 13.3. The first-order valence-electron chi connectivity index (χ1n) is 9.99. The Labute approximate surface area is 181 Å². The Morgan fingerprint density at radius 1 is 1.33 bits per heavy atom. The summed E-state index contributed by atoms with van der Waals surface area (Å²) in [5.74, 6) is 1.50. The van der Waals surface area contributed by atoms with Gasteiger partial charge in [-0.25, -0.2) is 18.4 Å². The number of hydrogen-bond acceptors (Lipinski definition) is 8. The van der Waals surface area contributed by atoms with Crippen molar-refractivity contribution in [1.82, 2.24) is 24.7 Å². The highest BCUT2D eigenvalue weighted by atomic mass is 35.5. The van der Waals surface area contributed by atoms with Gasteiger partial charge in [0.15, 0.2) is 15.7 Å². The number of ether oxygens (including phenoxy) is 2. The standard InChI is InChI=1S/C19H26ClN5O4S/c1-12(16(28-3)17-21-8-14(20)9-22-17)30(26,27)11-15-23-24-18(13-4-7-29-10-13)25(15)19(2)5-6-19/h8-9,12-13,16H,4-7,10-11H2,1-3H3/t12-,13+,16-/m0/s1. The van der Waals surface area contributed by atoms with Crippen LogP contribution in [0.4, 0.5) is 0 Å². The van der Waals surface area contributed by atoms with Gasteiger partial charge in [0, 0.05) is 37.6 Å². The molecule has 1 aliphatic heterocycles. The van der Waals surface area contributed by atoms with Gasteiger partial charge < -0.3 is 14.0 Å². The summed E-state index contributed by atoms with van der Waals surface area (Å²) in [7, 11) is -2.20. The Morgan fingerprint density at radius 2 is 2.03 bits per heavy atom. The van der Waals surface area contributed by atoms with Crippen LogP contribution in [0.3, 0.4) is 0 Å². The molecular weight excluding hydrogens is 430 g/mol. The zero-order valence-corrected chi connectivity index (χ0v) is 18.9. The second kappa shape index (κ2) is 8.14. The number of nitrogens with zero attached hydrogens (tertiary/aromatic N) is 5. The van der Waals surface area contributed by atoms with Crippen LogP contribution in [0.25, 0.3) is 0 Å². The number of aromatic nitrogens is 5. The second-order valence-corrected chi connectivity index (χ2v) is 11.1. The molecule has 0 aromatic carbocycles. The molecule has 0 spiro atoms. The second-order valence-electron chi connectivity index (χ2n) is 8.30. The predicted molar refractivity (Wildman–Crippen MR) is 110 cm³/mol.